The predicted molar refractivity (Wildman–Crippen MR) is 49.2 cm³/mol. The molecule has 0 amide bonds. The molecule has 1 aliphatic heterocycles. The Kier molecular flexibility index (Phi) is 1.69. The second kappa shape index (κ2) is 2.84. The Morgan fingerprint density at radius 3 is 2.92 bits per heavy atom. The highest BCUT2D eigenvalue weighted by molar-refractivity contribution is 7.74. The van der Waals surface area contributed by atoms with Gasteiger partial charge in [0.1, 0.15) is 5.36 Å². The molecular weight excluding hydrogens is 168 g/mol. The van der Waals surface area contributed by atoms with Crippen molar-refractivity contribution in [3.05, 3.63) is 50.3 Å². The largest absolute Gasteiger partial charge is 0.755 e. The summed E-state index contributed by atoms with van der Waals surface area (Å²) < 4.78 is 1.09. The molecule has 0 unspecified atom stereocenters. The lowest BCUT2D eigenvalue weighted by Crippen LogP contribution is -1.96. The zero-order valence-corrected chi connectivity index (χ0v) is 6.93. The summed E-state index contributed by atoms with van der Waals surface area (Å²) in [5, 5.41) is 9.93. The Hall–Kier alpha value is -1.53. The van der Waals surface area contributed by atoms with Crippen molar-refractivity contribution in [2.24, 2.45) is 4.99 Å². The number of fused-ring (bicyclic) bond motifs is 1. The quantitative estimate of drug-likeness (QED) is 0.241. The van der Waals surface area contributed by atoms with Crippen molar-refractivity contribution in [3.63, 3.8) is 0 Å². The number of hydrogen-bond acceptors (Lipinski definition) is 1. The van der Waals surface area contributed by atoms with Crippen LogP contribution in [0.15, 0.2) is 40.0 Å². The van der Waals surface area contributed by atoms with E-state index in [4.69, 9.17) is 5.41 Å². The summed E-state index contributed by atoms with van der Waals surface area (Å²) in [6, 6.07) is 7.79. The molecule has 1 heterocycles. The fourth-order valence-electron chi connectivity index (χ4n) is 0.973. The Labute approximate surface area is 73.0 Å². The standard InChI is InChI=1S/C9H4N2S/c10-6-5-9-11-7-3-1-2-4-8(7)12-9/h1-4H. The first-order valence-corrected chi connectivity index (χ1v) is 4.22. The molecule has 1 aromatic carbocycles. The molecule has 12 heavy (non-hydrogen) atoms. The van der Waals surface area contributed by atoms with E-state index in [-0.39, 0.29) is 0 Å². The second-order valence-corrected chi connectivity index (χ2v) is 3.25. The summed E-state index contributed by atoms with van der Waals surface area (Å²) in [4.78, 5) is 4.19. The van der Waals surface area contributed by atoms with Crippen molar-refractivity contribution in [3.8, 4) is 0 Å². The van der Waals surface area contributed by atoms with E-state index in [1.54, 1.807) is 0 Å². The molecule has 2 nitrogen and oxygen atoms in total. The van der Waals surface area contributed by atoms with Gasteiger partial charge in [0.25, 0.3) is 15.9 Å². The van der Waals surface area contributed by atoms with Crippen LogP contribution in [-0.2, 0) is 11.4 Å². The van der Waals surface area contributed by atoms with Crippen molar-refractivity contribution < 1.29 is 0 Å². The summed E-state index contributed by atoms with van der Waals surface area (Å²) in [6.45, 7) is 0. The molecule has 2 rings (SSSR count). The predicted octanol–water partition coefficient (Wildman–Crippen LogP) is 0.889. The molecule has 0 radical (unpaired) electrons. The zero-order chi connectivity index (χ0) is 8.39. The molecule has 0 bridgehead atoms. The minimum Gasteiger partial charge on any atom is -0.755 e. The molecule has 0 spiro atoms. The van der Waals surface area contributed by atoms with E-state index in [9.17, 15) is 0 Å². The minimum atomic E-state index is 0.652. The van der Waals surface area contributed by atoms with E-state index in [1.807, 2.05) is 30.1 Å². The van der Waals surface area contributed by atoms with Crippen LogP contribution in [0.1, 0.15) is 0 Å². The average molecular weight is 172 g/mol. The smallest absolute Gasteiger partial charge is 0.375 e. The Balaban J connectivity index is 2.85. The van der Waals surface area contributed by atoms with Crippen LogP contribution in [0, 0.1) is 4.51 Å². The Bertz CT molecular complexity index is 481. The maximum Gasteiger partial charge on any atom is 0.375 e. The molecule has 1 aliphatic rings. The monoisotopic (exact) mass is 172 g/mol. The van der Waals surface area contributed by atoms with Crippen molar-refractivity contribution in [2.75, 3.05) is 0 Å². The lowest BCUT2D eigenvalue weighted by Gasteiger charge is -1.70. The summed E-state index contributed by atoms with van der Waals surface area (Å²) in [7, 11) is 0. The van der Waals surface area contributed by atoms with Gasteiger partial charge >= 0.3 is 5.03 Å². The molecule has 0 atom stereocenters. The van der Waals surface area contributed by atoms with Crippen molar-refractivity contribution in [1.82, 2.24) is 0 Å². The van der Waals surface area contributed by atoms with Gasteiger partial charge < -0.3 is 5.41 Å². The zero-order valence-electron chi connectivity index (χ0n) is 6.11. The topological polar surface area (TPSA) is 34.7 Å². The Morgan fingerprint density at radius 1 is 1.33 bits per heavy atom. The maximum atomic E-state index is 8.35. The van der Waals surface area contributed by atoms with Crippen molar-refractivity contribution in [2.45, 2.75) is 0 Å². The van der Waals surface area contributed by atoms with Crippen LogP contribution >= 0.6 is 0 Å². The van der Waals surface area contributed by atoms with Gasteiger partial charge in [-0.1, -0.05) is 12.1 Å². The van der Waals surface area contributed by atoms with Crippen LogP contribution in [0.4, 0.5) is 0 Å². The van der Waals surface area contributed by atoms with Crippen LogP contribution in [0.3, 0.4) is 0 Å². The molecule has 0 saturated heterocycles. The van der Waals surface area contributed by atoms with Crippen LogP contribution in [0.5, 0.6) is 0 Å². The number of hydrogen-bond donors (Lipinski definition) is 0. The van der Waals surface area contributed by atoms with E-state index in [2.05, 4.69) is 10.7 Å². The fraction of sp³-hybridized carbons (Fsp3) is 0. The van der Waals surface area contributed by atoms with Crippen molar-refractivity contribution >= 4 is 17.2 Å². The number of rotatable bonds is 0. The molecule has 0 fully saturated rings. The molecule has 0 aromatic heterocycles. The summed E-state index contributed by atoms with van der Waals surface area (Å²) >= 11 is 1.48. The molecule has 0 saturated carbocycles. The van der Waals surface area contributed by atoms with Gasteiger partial charge in [0.2, 0.25) is 0 Å². The molecule has 3 heteroatoms. The molecular formula is C9H4N2S. The first kappa shape index (κ1) is 7.14. The summed E-state index contributed by atoms with van der Waals surface area (Å²) in [5.74, 6) is 1.84. The van der Waals surface area contributed by atoms with E-state index in [0.717, 1.165) is 9.87 Å². The van der Waals surface area contributed by atoms with Gasteiger partial charge in [-0.15, -0.1) is 0 Å². The molecule has 0 aliphatic carbocycles. The van der Waals surface area contributed by atoms with Gasteiger partial charge in [-0.2, -0.15) is 4.99 Å². The average Bonchev–Trinajstić information content (AvgIpc) is 2.47. The van der Waals surface area contributed by atoms with E-state index in [0.29, 0.717) is 5.03 Å². The van der Waals surface area contributed by atoms with Crippen LogP contribution in [0.2, 0.25) is 0 Å². The third-order valence-electron chi connectivity index (χ3n) is 1.46. The SMILES string of the molecule is [N-]=C=C=C1N=c2ccccc2=[S+]1. The second-order valence-electron chi connectivity index (χ2n) is 2.22. The van der Waals surface area contributed by atoms with Gasteiger partial charge in [0.05, 0.1) is 0 Å². The first-order valence-electron chi connectivity index (χ1n) is 3.41. The minimum absolute atomic E-state index is 0.652. The third-order valence-corrected chi connectivity index (χ3v) is 2.41. The van der Waals surface area contributed by atoms with E-state index in [1.165, 1.54) is 11.4 Å². The number of benzene rings is 1. The van der Waals surface area contributed by atoms with Gasteiger partial charge in [-0.05, 0) is 11.8 Å². The molecule has 56 valence electrons. The van der Waals surface area contributed by atoms with Crippen LogP contribution < -0.4 is 5.36 Å². The summed E-state index contributed by atoms with van der Waals surface area (Å²) in [6.07, 6.45) is 0. The van der Waals surface area contributed by atoms with Gasteiger partial charge in [0.15, 0.2) is 0 Å². The third kappa shape index (κ3) is 1.13. The highest BCUT2D eigenvalue weighted by Crippen LogP contribution is 1.99. The maximum absolute atomic E-state index is 8.35. The highest BCUT2D eigenvalue weighted by Gasteiger charge is 2.13. The van der Waals surface area contributed by atoms with Gasteiger partial charge in [0, 0.05) is 6.07 Å². The normalized spacial score (nSPS) is 12.2. The lowest BCUT2D eigenvalue weighted by atomic mass is 10.3. The van der Waals surface area contributed by atoms with Gasteiger partial charge in [-0.25, -0.2) is 5.87 Å². The van der Waals surface area contributed by atoms with Crippen molar-refractivity contribution in [1.29, 1.82) is 0 Å². The van der Waals surface area contributed by atoms with Gasteiger partial charge in [-0.3, -0.25) is 0 Å². The first-order chi connectivity index (χ1) is 5.90. The number of para-hydroxylation sites is 1. The fourth-order valence-corrected chi connectivity index (χ4v) is 1.79. The highest BCUT2D eigenvalue weighted by atomic mass is 32.1. The van der Waals surface area contributed by atoms with Crippen LogP contribution in [-0.4, -0.2) is 5.87 Å². The molecule has 0 N–H and O–H groups in total. The Morgan fingerprint density at radius 2 is 2.17 bits per heavy atom. The summed E-state index contributed by atoms with van der Waals surface area (Å²) in [5.41, 5.74) is 2.51. The molecule has 1 aromatic rings. The number of nitrogens with zero attached hydrogens (tertiary/aromatic N) is 2. The van der Waals surface area contributed by atoms with Crippen LogP contribution in [0.25, 0.3) is 5.41 Å². The van der Waals surface area contributed by atoms with E-state index < -0.39 is 0 Å². The van der Waals surface area contributed by atoms with E-state index >= 15 is 0 Å². The lowest BCUT2D eigenvalue weighted by molar-refractivity contribution is 1.34.